The summed E-state index contributed by atoms with van der Waals surface area (Å²) in [7, 11) is 0. The number of fused-ring (bicyclic) bond motifs is 1. The molecule has 0 aliphatic rings. The summed E-state index contributed by atoms with van der Waals surface area (Å²) in [6, 6.07) is 51.8. The molecule has 6 aromatic rings. The van der Waals surface area contributed by atoms with Crippen LogP contribution in [-0.2, 0) is 4.79 Å². The van der Waals surface area contributed by atoms with Crippen LogP contribution in [0.15, 0.2) is 171 Å². The van der Waals surface area contributed by atoms with Crippen molar-refractivity contribution >= 4 is 45.8 Å². The Morgan fingerprint density at radius 3 is 1.77 bits per heavy atom. The second-order valence-corrected chi connectivity index (χ2v) is 10.2. The van der Waals surface area contributed by atoms with E-state index in [4.69, 9.17) is 4.74 Å². The lowest BCUT2D eigenvalue weighted by atomic mass is 9.97. The van der Waals surface area contributed by atoms with E-state index in [0.717, 1.165) is 56.1 Å². The number of anilines is 2. The van der Waals surface area contributed by atoms with Gasteiger partial charge in [-0.2, -0.15) is 0 Å². The zero-order valence-electron chi connectivity index (χ0n) is 24.2. The standard InChI is InChI=1S/C41H31NO2/c1-2-41(43)44-36-27-23-31(24-28-36)22-25-34-26-29-40(38-21-13-12-20-37(34)38)42(35-18-10-5-11-19-35)30-39(32-14-6-3-7-15-32)33-16-8-4-9-17-33/h2-30H,1H2. The number of hydrogen-bond donors (Lipinski definition) is 0. The lowest BCUT2D eigenvalue weighted by Gasteiger charge is -2.25. The Hall–Kier alpha value is -5.93. The minimum absolute atomic E-state index is 0.473. The summed E-state index contributed by atoms with van der Waals surface area (Å²) >= 11 is 0. The zero-order valence-corrected chi connectivity index (χ0v) is 24.2. The normalized spacial score (nSPS) is 10.8. The number of esters is 1. The van der Waals surface area contributed by atoms with E-state index in [0.29, 0.717) is 5.75 Å². The van der Waals surface area contributed by atoms with Crippen molar-refractivity contribution in [1.82, 2.24) is 0 Å². The molecule has 0 atom stereocenters. The van der Waals surface area contributed by atoms with Crippen LogP contribution in [0.1, 0.15) is 22.3 Å². The van der Waals surface area contributed by atoms with Gasteiger partial charge in [0.2, 0.25) is 0 Å². The molecule has 0 saturated heterocycles. The van der Waals surface area contributed by atoms with Crippen LogP contribution >= 0.6 is 0 Å². The molecule has 0 N–H and O–H groups in total. The van der Waals surface area contributed by atoms with Gasteiger partial charge in [0.05, 0.1) is 5.69 Å². The Bertz CT molecular complexity index is 1900. The zero-order chi connectivity index (χ0) is 30.1. The predicted octanol–water partition coefficient (Wildman–Crippen LogP) is 10.3. The predicted molar refractivity (Wildman–Crippen MR) is 184 cm³/mol. The van der Waals surface area contributed by atoms with Gasteiger partial charge in [-0.25, -0.2) is 4.79 Å². The van der Waals surface area contributed by atoms with Crippen LogP contribution in [0.3, 0.4) is 0 Å². The van der Waals surface area contributed by atoms with Crippen molar-refractivity contribution in [1.29, 1.82) is 0 Å². The highest BCUT2D eigenvalue weighted by molar-refractivity contribution is 6.03. The molecule has 0 radical (unpaired) electrons. The summed E-state index contributed by atoms with van der Waals surface area (Å²) in [5.41, 5.74) is 7.69. The maximum Gasteiger partial charge on any atom is 0.335 e. The topological polar surface area (TPSA) is 29.5 Å². The highest BCUT2D eigenvalue weighted by Crippen LogP contribution is 2.37. The highest BCUT2D eigenvalue weighted by Gasteiger charge is 2.15. The summed E-state index contributed by atoms with van der Waals surface area (Å²) in [4.78, 5) is 13.8. The van der Waals surface area contributed by atoms with Crippen LogP contribution in [0.5, 0.6) is 5.75 Å². The molecule has 212 valence electrons. The molecule has 3 heteroatoms. The molecule has 0 aliphatic heterocycles. The fraction of sp³-hybridized carbons (Fsp3) is 0. The summed E-state index contributed by atoms with van der Waals surface area (Å²) in [5, 5.41) is 2.29. The summed E-state index contributed by atoms with van der Waals surface area (Å²) < 4.78 is 5.20. The summed E-state index contributed by atoms with van der Waals surface area (Å²) in [6.45, 7) is 3.45. The van der Waals surface area contributed by atoms with Crippen molar-refractivity contribution in [3.8, 4) is 5.75 Å². The number of benzene rings is 6. The maximum absolute atomic E-state index is 11.5. The van der Waals surface area contributed by atoms with Gasteiger partial charge >= 0.3 is 5.97 Å². The Morgan fingerprint density at radius 1 is 0.591 bits per heavy atom. The average molecular weight is 570 g/mol. The van der Waals surface area contributed by atoms with Crippen molar-refractivity contribution in [2.75, 3.05) is 4.90 Å². The van der Waals surface area contributed by atoms with Gasteiger partial charge in [0, 0.05) is 28.9 Å². The molecule has 0 heterocycles. The average Bonchev–Trinajstić information content (AvgIpc) is 3.09. The van der Waals surface area contributed by atoms with Gasteiger partial charge in [0.1, 0.15) is 5.75 Å². The Morgan fingerprint density at radius 2 is 1.16 bits per heavy atom. The Balaban J connectivity index is 1.44. The lowest BCUT2D eigenvalue weighted by Crippen LogP contribution is -2.11. The van der Waals surface area contributed by atoms with E-state index in [-0.39, 0.29) is 0 Å². The maximum atomic E-state index is 11.5. The largest absolute Gasteiger partial charge is 0.423 e. The van der Waals surface area contributed by atoms with E-state index in [2.05, 4.69) is 139 Å². The van der Waals surface area contributed by atoms with Crippen molar-refractivity contribution in [3.63, 3.8) is 0 Å². The molecule has 0 aromatic heterocycles. The molecule has 6 aromatic carbocycles. The summed E-state index contributed by atoms with van der Waals surface area (Å²) in [6.07, 6.45) is 7.59. The van der Waals surface area contributed by atoms with Crippen molar-refractivity contribution < 1.29 is 9.53 Å². The first-order valence-electron chi connectivity index (χ1n) is 14.5. The molecule has 0 saturated carbocycles. The van der Waals surface area contributed by atoms with Crippen LogP contribution in [0.4, 0.5) is 11.4 Å². The van der Waals surface area contributed by atoms with Gasteiger partial charge in [0.25, 0.3) is 0 Å². The number of rotatable bonds is 9. The first-order valence-corrected chi connectivity index (χ1v) is 14.5. The van der Waals surface area contributed by atoms with Gasteiger partial charge in [-0.15, -0.1) is 0 Å². The van der Waals surface area contributed by atoms with Crippen LogP contribution in [-0.4, -0.2) is 5.97 Å². The number of para-hydroxylation sites is 1. The van der Waals surface area contributed by atoms with E-state index in [1.807, 2.05) is 30.3 Å². The molecule has 0 spiro atoms. The van der Waals surface area contributed by atoms with E-state index >= 15 is 0 Å². The summed E-state index contributed by atoms with van der Waals surface area (Å²) in [5.74, 6) is 0.0141. The van der Waals surface area contributed by atoms with E-state index < -0.39 is 5.97 Å². The van der Waals surface area contributed by atoms with Gasteiger partial charge in [0.15, 0.2) is 0 Å². The monoisotopic (exact) mass is 569 g/mol. The molecular weight excluding hydrogens is 538 g/mol. The molecule has 0 fully saturated rings. The number of carbonyl (C=O) groups is 1. The first kappa shape index (κ1) is 28.2. The van der Waals surface area contributed by atoms with Crippen LogP contribution in [0, 0.1) is 0 Å². The minimum atomic E-state index is -0.473. The fourth-order valence-electron chi connectivity index (χ4n) is 5.20. The third-order valence-electron chi connectivity index (χ3n) is 7.38. The highest BCUT2D eigenvalue weighted by atomic mass is 16.5. The fourth-order valence-corrected chi connectivity index (χ4v) is 5.20. The molecule has 0 aliphatic carbocycles. The second kappa shape index (κ2) is 13.4. The first-order chi connectivity index (χ1) is 21.7. The van der Waals surface area contributed by atoms with Gasteiger partial charge < -0.3 is 9.64 Å². The van der Waals surface area contributed by atoms with Gasteiger partial charge in [-0.1, -0.05) is 140 Å². The van der Waals surface area contributed by atoms with Gasteiger partial charge in [-0.3, -0.25) is 0 Å². The number of hydrogen-bond acceptors (Lipinski definition) is 3. The smallest absolute Gasteiger partial charge is 0.335 e. The number of nitrogens with zero attached hydrogens (tertiary/aromatic N) is 1. The molecular formula is C41H31NO2. The van der Waals surface area contributed by atoms with Crippen molar-refractivity contribution in [2.45, 2.75) is 0 Å². The Kier molecular flexibility index (Phi) is 8.57. The SMILES string of the molecule is C=CC(=O)Oc1ccc(C=Cc2ccc(N(C=C(c3ccccc3)c3ccccc3)c3ccccc3)c3ccccc23)cc1. The molecule has 3 nitrogen and oxygen atoms in total. The third kappa shape index (κ3) is 6.43. The molecule has 0 amide bonds. The quantitative estimate of drug-likeness (QED) is 0.0751. The minimum Gasteiger partial charge on any atom is -0.423 e. The number of ether oxygens (including phenoxy) is 1. The van der Waals surface area contributed by atoms with Crippen LogP contribution in [0.25, 0.3) is 28.5 Å². The third-order valence-corrected chi connectivity index (χ3v) is 7.38. The second-order valence-electron chi connectivity index (χ2n) is 10.2. The molecule has 6 rings (SSSR count). The molecule has 0 bridgehead atoms. The molecule has 0 unspecified atom stereocenters. The van der Waals surface area contributed by atoms with E-state index in [9.17, 15) is 4.79 Å². The lowest BCUT2D eigenvalue weighted by molar-refractivity contribution is -0.128. The van der Waals surface area contributed by atoms with Crippen LogP contribution in [0.2, 0.25) is 0 Å². The van der Waals surface area contributed by atoms with Crippen LogP contribution < -0.4 is 9.64 Å². The molecule has 44 heavy (non-hydrogen) atoms. The van der Waals surface area contributed by atoms with E-state index in [1.165, 1.54) is 0 Å². The van der Waals surface area contributed by atoms with Crippen molar-refractivity contribution in [3.05, 3.63) is 193 Å². The van der Waals surface area contributed by atoms with E-state index in [1.54, 1.807) is 12.1 Å². The number of carbonyl (C=O) groups excluding carboxylic acids is 1. The van der Waals surface area contributed by atoms with Gasteiger partial charge in [-0.05, 0) is 58.0 Å². The van der Waals surface area contributed by atoms with Crippen molar-refractivity contribution in [2.24, 2.45) is 0 Å². The Labute approximate surface area is 258 Å².